The summed E-state index contributed by atoms with van der Waals surface area (Å²) in [4.78, 5) is 38.7. The lowest BCUT2D eigenvalue weighted by atomic mass is 9.88. The number of unbranched alkanes of at least 4 members (excludes halogenated alkanes) is 41. The van der Waals surface area contributed by atoms with Crippen LogP contribution in [0.1, 0.15) is 329 Å². The van der Waals surface area contributed by atoms with Crippen LogP contribution in [0, 0.1) is 0 Å². The van der Waals surface area contributed by atoms with Gasteiger partial charge >= 0.3 is 5.97 Å². The van der Waals surface area contributed by atoms with E-state index in [4.69, 9.17) is 28.4 Å². The second kappa shape index (κ2) is 59.1. The molecule has 0 aromatic carbocycles. The number of hydrogen-bond acceptors (Lipinski definition) is 20. The number of carboxylic acid groups (broad SMARTS) is 1. The number of nitrogens with one attached hydrogen (secondary N) is 2. The molecular formula is C80H148N2O21. The molecule has 2 amide bonds. The number of aliphatic carboxylic acids is 1. The van der Waals surface area contributed by atoms with Crippen LogP contribution < -0.4 is 10.6 Å². The van der Waals surface area contributed by atoms with Crippen LogP contribution in [0.3, 0.4) is 0 Å². The van der Waals surface area contributed by atoms with Crippen molar-refractivity contribution in [2.24, 2.45) is 0 Å². The molecular weight excluding hydrogens is 1320 g/mol. The lowest BCUT2D eigenvalue weighted by molar-refractivity contribution is -0.386. The Hall–Kier alpha value is -2.79. The van der Waals surface area contributed by atoms with Gasteiger partial charge in [0, 0.05) is 19.8 Å². The number of ether oxygens (including phenoxy) is 6. The zero-order valence-electron chi connectivity index (χ0n) is 63.9. The Morgan fingerprint density at radius 1 is 0.505 bits per heavy atom. The maximum absolute atomic E-state index is 13.5. The van der Waals surface area contributed by atoms with Crippen molar-refractivity contribution in [2.45, 2.75) is 439 Å². The predicted octanol–water partition coefficient (Wildman–Crippen LogP) is 11.1. The molecule has 18 atom stereocenters. The first-order chi connectivity index (χ1) is 49.9. The summed E-state index contributed by atoms with van der Waals surface area (Å²) in [7, 11) is 0. The molecule has 14 N–H and O–H groups in total. The first-order valence-electron chi connectivity index (χ1n) is 41.2. The minimum Gasteiger partial charge on any atom is -0.477 e. The molecule has 0 bridgehead atoms. The van der Waals surface area contributed by atoms with Crippen LogP contribution in [0.2, 0.25) is 0 Å². The van der Waals surface area contributed by atoms with Gasteiger partial charge in [-0.15, -0.1) is 0 Å². The van der Waals surface area contributed by atoms with Gasteiger partial charge in [0.15, 0.2) is 12.6 Å². The fourth-order valence-corrected chi connectivity index (χ4v) is 14.4. The molecule has 3 aliphatic rings. The van der Waals surface area contributed by atoms with Gasteiger partial charge < -0.3 is 100 Å². The van der Waals surface area contributed by atoms with Crippen LogP contribution in [0.5, 0.6) is 0 Å². The van der Waals surface area contributed by atoms with Crippen molar-refractivity contribution in [3.63, 3.8) is 0 Å². The monoisotopic (exact) mass is 1470 g/mol. The van der Waals surface area contributed by atoms with Crippen LogP contribution in [-0.2, 0) is 42.8 Å². The number of amides is 2. The molecule has 604 valence electrons. The maximum atomic E-state index is 13.5. The molecule has 18 unspecified atom stereocenters. The van der Waals surface area contributed by atoms with Gasteiger partial charge in [-0.25, -0.2) is 4.79 Å². The Balaban J connectivity index is 1.43. The van der Waals surface area contributed by atoms with E-state index >= 15 is 0 Å². The molecule has 0 aromatic heterocycles. The highest BCUT2D eigenvalue weighted by atomic mass is 16.8. The summed E-state index contributed by atoms with van der Waals surface area (Å²) in [5.74, 6) is -6.10. The average Bonchev–Trinajstić information content (AvgIpc) is 0.755. The van der Waals surface area contributed by atoms with E-state index in [-0.39, 0.29) is 18.9 Å². The highest BCUT2D eigenvalue weighted by molar-refractivity contribution is 5.77. The third-order valence-electron chi connectivity index (χ3n) is 20.9. The van der Waals surface area contributed by atoms with Crippen molar-refractivity contribution in [1.82, 2.24) is 10.6 Å². The second-order valence-corrected chi connectivity index (χ2v) is 30.0. The molecule has 3 rings (SSSR count). The van der Waals surface area contributed by atoms with Crippen LogP contribution >= 0.6 is 0 Å². The molecule has 103 heavy (non-hydrogen) atoms. The Labute approximate surface area is 619 Å². The Kier molecular flexibility index (Phi) is 54.2. The van der Waals surface area contributed by atoms with Crippen molar-refractivity contribution in [3.05, 3.63) is 24.3 Å². The highest BCUT2D eigenvalue weighted by Gasteiger charge is 2.60. The third kappa shape index (κ3) is 39.4. The number of carbonyl (C=O) groups excluding carboxylic acids is 2. The molecule has 3 heterocycles. The lowest BCUT2D eigenvalue weighted by Gasteiger charge is -2.50. The number of aliphatic hydroxyl groups is 11. The van der Waals surface area contributed by atoms with Crippen LogP contribution in [0.25, 0.3) is 0 Å². The van der Waals surface area contributed by atoms with E-state index in [1.54, 1.807) is 0 Å². The molecule has 23 heteroatoms. The fourth-order valence-electron chi connectivity index (χ4n) is 14.4. The number of aliphatic hydroxyl groups excluding tert-OH is 11. The summed E-state index contributed by atoms with van der Waals surface area (Å²) in [6.07, 6.45) is 36.3. The fraction of sp³-hybridized carbons (Fsp3) is 0.912. The Morgan fingerprint density at radius 3 is 1.36 bits per heavy atom. The SMILES string of the molecule is CCCCCCCCCCCCC/C=C\C/C=C\CCCCCCCCCCCCCCCCCCCC(=O)NC(COC1OC(CO)C(OC2OC(CO)C(O)C(OC3(C(=O)O)CC(O)C(NC(C)=O)C(C(O)C(O)CO)O3)C2O)C(O)C1O)C(O)CCCCCCCCCCCCCCCC. The lowest BCUT2D eigenvalue weighted by Crippen LogP contribution is -2.70. The normalized spacial score (nSPS) is 26.6. The molecule has 3 fully saturated rings. The summed E-state index contributed by atoms with van der Waals surface area (Å²) in [6, 6.07) is -2.53. The first-order valence-corrected chi connectivity index (χ1v) is 41.2. The summed E-state index contributed by atoms with van der Waals surface area (Å²) in [5.41, 5.74) is 0. The van der Waals surface area contributed by atoms with Gasteiger partial charge in [0.2, 0.25) is 11.8 Å². The average molecular weight is 1470 g/mol. The number of carbonyl (C=O) groups is 3. The number of carboxylic acids is 1. The minimum absolute atomic E-state index is 0.225. The van der Waals surface area contributed by atoms with Gasteiger partial charge in [-0.1, -0.05) is 289 Å². The van der Waals surface area contributed by atoms with E-state index in [0.717, 1.165) is 64.7 Å². The molecule has 23 nitrogen and oxygen atoms in total. The van der Waals surface area contributed by atoms with Crippen molar-refractivity contribution < 1.29 is 104 Å². The van der Waals surface area contributed by atoms with E-state index in [0.29, 0.717) is 19.3 Å². The zero-order chi connectivity index (χ0) is 75.3. The quantitative estimate of drug-likeness (QED) is 0.0199. The van der Waals surface area contributed by atoms with Crippen LogP contribution in [0.15, 0.2) is 24.3 Å². The zero-order valence-corrected chi connectivity index (χ0v) is 63.9. The van der Waals surface area contributed by atoms with Gasteiger partial charge in [0.25, 0.3) is 5.79 Å². The number of rotatable bonds is 65. The van der Waals surface area contributed by atoms with Crippen molar-refractivity contribution in [3.8, 4) is 0 Å². The Morgan fingerprint density at radius 2 is 0.932 bits per heavy atom. The maximum Gasteiger partial charge on any atom is 0.364 e. The van der Waals surface area contributed by atoms with Crippen LogP contribution in [-0.4, -0.2) is 215 Å². The minimum atomic E-state index is -3.08. The highest BCUT2D eigenvalue weighted by Crippen LogP contribution is 2.39. The third-order valence-corrected chi connectivity index (χ3v) is 20.9. The standard InChI is InChI=1S/C80H148N2O21/c1-4-6-8-10-12-14-16-18-20-21-22-23-24-25-26-27-28-29-30-31-32-33-34-35-36-37-38-39-40-42-44-46-48-50-52-54-67(90)82-61(62(87)53-51-49-47-45-43-41-19-17-15-13-11-9-7-5-2)59-98-77-72(94)71(93)74(66(58-85)100-77)101-78-73(95)76(70(92)65(57-84)99-78)103-80(79(96)97)55-63(88)68(81-60(3)86)75(102-80)69(91)64(89)56-83/h24-25,27-28,61-66,68-78,83-85,87-89,91-95H,4-23,26,29-59H2,1-3H3,(H,81,86)(H,82,90)(H,96,97)/b25-24-,28-27-. The smallest absolute Gasteiger partial charge is 0.364 e. The number of hydrogen-bond donors (Lipinski definition) is 14. The van der Waals surface area contributed by atoms with E-state index < -0.39 is 148 Å². The van der Waals surface area contributed by atoms with Gasteiger partial charge in [-0.3, -0.25) is 9.59 Å². The molecule has 3 aliphatic heterocycles. The molecule has 0 spiro atoms. The van der Waals surface area contributed by atoms with Crippen molar-refractivity contribution in [1.29, 1.82) is 0 Å². The number of allylic oxidation sites excluding steroid dienone is 4. The summed E-state index contributed by atoms with van der Waals surface area (Å²) in [5, 5.41) is 136. The first kappa shape index (κ1) is 94.4. The van der Waals surface area contributed by atoms with E-state index in [1.807, 2.05) is 0 Å². The van der Waals surface area contributed by atoms with Gasteiger partial charge in [-0.2, -0.15) is 0 Å². The summed E-state index contributed by atoms with van der Waals surface area (Å²) in [6.45, 7) is 2.24. The van der Waals surface area contributed by atoms with E-state index in [2.05, 4.69) is 48.8 Å². The van der Waals surface area contributed by atoms with Crippen molar-refractivity contribution in [2.75, 3.05) is 26.4 Å². The van der Waals surface area contributed by atoms with Gasteiger partial charge in [-0.05, 0) is 44.9 Å². The summed E-state index contributed by atoms with van der Waals surface area (Å²) >= 11 is 0. The topological polar surface area (TPSA) is 373 Å². The molecule has 3 saturated heterocycles. The molecule has 0 aromatic rings. The Bertz CT molecular complexity index is 2150. The molecule has 0 aliphatic carbocycles. The predicted molar refractivity (Wildman–Crippen MR) is 398 cm³/mol. The second-order valence-electron chi connectivity index (χ2n) is 30.0. The molecule has 0 radical (unpaired) electrons. The van der Waals surface area contributed by atoms with E-state index in [1.165, 1.54) is 218 Å². The van der Waals surface area contributed by atoms with Crippen molar-refractivity contribution >= 4 is 17.8 Å². The van der Waals surface area contributed by atoms with Gasteiger partial charge in [0.05, 0.1) is 50.7 Å². The van der Waals surface area contributed by atoms with Gasteiger partial charge in [0.1, 0.15) is 67.1 Å². The summed E-state index contributed by atoms with van der Waals surface area (Å²) < 4.78 is 34.9. The molecule has 0 saturated carbocycles. The van der Waals surface area contributed by atoms with Crippen LogP contribution in [0.4, 0.5) is 0 Å². The largest absolute Gasteiger partial charge is 0.477 e. The van der Waals surface area contributed by atoms with E-state index in [9.17, 15) is 75.7 Å².